The smallest absolute Gasteiger partial charge is 0.138 e. The Morgan fingerprint density at radius 2 is 2.00 bits per heavy atom. The molecule has 2 aromatic heterocycles. The van der Waals surface area contributed by atoms with Crippen LogP contribution < -0.4 is 0 Å². The Morgan fingerprint density at radius 3 is 2.72 bits per heavy atom. The van der Waals surface area contributed by atoms with E-state index in [1.807, 2.05) is 30.6 Å². The summed E-state index contributed by atoms with van der Waals surface area (Å²) in [6, 6.07) is 12.4. The Kier molecular flexibility index (Phi) is 5.92. The number of halogens is 1. The van der Waals surface area contributed by atoms with Crippen LogP contribution in [0, 0.1) is 0 Å². The van der Waals surface area contributed by atoms with Crippen LogP contribution in [0.2, 0.25) is 0 Å². The van der Waals surface area contributed by atoms with E-state index in [0.29, 0.717) is 0 Å². The second-order valence-corrected chi connectivity index (χ2v) is 8.61. The van der Waals surface area contributed by atoms with Crippen LogP contribution in [0.1, 0.15) is 55.0 Å². The van der Waals surface area contributed by atoms with Gasteiger partial charge in [-0.1, -0.05) is 41.8 Å². The summed E-state index contributed by atoms with van der Waals surface area (Å²) in [5, 5.41) is 0. The Balaban J connectivity index is 1.97. The lowest BCUT2D eigenvalue weighted by molar-refractivity contribution is 0.393. The predicted molar refractivity (Wildman–Crippen MR) is 121 cm³/mol. The van der Waals surface area contributed by atoms with Gasteiger partial charge in [-0.15, -0.1) is 0 Å². The lowest BCUT2D eigenvalue weighted by Gasteiger charge is -2.17. The molecule has 4 rings (SSSR count). The van der Waals surface area contributed by atoms with Gasteiger partial charge >= 0.3 is 0 Å². The summed E-state index contributed by atoms with van der Waals surface area (Å²) in [5.41, 5.74) is 5.20. The SMILES string of the molecule is CCCC[C@@H]1N=C(c2ccccn2)c2cc(Br)ccc2-n2c(CN(C)C)cnc21. The quantitative estimate of drug-likeness (QED) is 0.518. The molecule has 29 heavy (non-hydrogen) atoms. The van der Waals surface area contributed by atoms with Crippen molar-refractivity contribution >= 4 is 21.6 Å². The van der Waals surface area contributed by atoms with E-state index >= 15 is 0 Å². The molecule has 1 aliphatic heterocycles. The molecule has 0 spiro atoms. The molecule has 1 atom stereocenters. The first-order chi connectivity index (χ1) is 14.1. The number of fused-ring (bicyclic) bond motifs is 3. The summed E-state index contributed by atoms with van der Waals surface area (Å²) >= 11 is 3.65. The van der Waals surface area contributed by atoms with Crippen LogP contribution in [0.4, 0.5) is 0 Å². The Labute approximate surface area is 180 Å². The number of nitrogens with zero attached hydrogens (tertiary/aromatic N) is 5. The lowest BCUT2D eigenvalue weighted by atomic mass is 10.0. The van der Waals surface area contributed by atoms with Gasteiger partial charge in [0.2, 0.25) is 0 Å². The molecule has 1 aliphatic rings. The molecular weight excluding hydrogens is 426 g/mol. The molecule has 0 saturated carbocycles. The first-order valence-electron chi connectivity index (χ1n) is 10.1. The molecule has 0 fully saturated rings. The van der Waals surface area contributed by atoms with Gasteiger partial charge in [0.15, 0.2) is 0 Å². The van der Waals surface area contributed by atoms with Gasteiger partial charge in [0, 0.05) is 22.8 Å². The normalized spacial score (nSPS) is 15.6. The maximum absolute atomic E-state index is 5.24. The number of unbranched alkanes of at least 4 members (excludes halogenated alkanes) is 1. The summed E-state index contributed by atoms with van der Waals surface area (Å²) in [6.45, 7) is 3.04. The molecular formula is C23H26BrN5. The summed E-state index contributed by atoms with van der Waals surface area (Å²) in [5.74, 6) is 1.02. The van der Waals surface area contributed by atoms with Crippen LogP contribution in [-0.4, -0.2) is 39.2 Å². The lowest BCUT2D eigenvalue weighted by Crippen LogP contribution is -2.16. The van der Waals surface area contributed by atoms with Crippen molar-refractivity contribution in [2.75, 3.05) is 14.1 Å². The molecule has 0 radical (unpaired) electrons. The zero-order valence-corrected chi connectivity index (χ0v) is 18.7. The molecule has 0 aliphatic carbocycles. The van der Waals surface area contributed by atoms with Crippen LogP contribution in [0.3, 0.4) is 0 Å². The summed E-state index contributed by atoms with van der Waals surface area (Å²) in [7, 11) is 4.17. The third-order valence-electron chi connectivity index (χ3n) is 5.12. The van der Waals surface area contributed by atoms with E-state index in [1.54, 1.807) is 0 Å². The molecule has 0 amide bonds. The second-order valence-electron chi connectivity index (χ2n) is 7.69. The van der Waals surface area contributed by atoms with E-state index in [0.717, 1.165) is 58.8 Å². The van der Waals surface area contributed by atoms with E-state index in [4.69, 9.17) is 9.98 Å². The fourth-order valence-electron chi connectivity index (χ4n) is 3.83. The van der Waals surface area contributed by atoms with Gasteiger partial charge < -0.3 is 4.90 Å². The van der Waals surface area contributed by atoms with Crippen molar-refractivity contribution in [3.05, 3.63) is 76.0 Å². The van der Waals surface area contributed by atoms with Crippen molar-refractivity contribution in [1.82, 2.24) is 19.4 Å². The number of imidazole rings is 1. The molecule has 0 N–H and O–H groups in total. The average Bonchev–Trinajstić information content (AvgIpc) is 3.05. The number of aromatic nitrogens is 3. The minimum absolute atomic E-state index is 0.00837. The van der Waals surface area contributed by atoms with Crippen LogP contribution in [0.15, 0.2) is 58.3 Å². The highest BCUT2D eigenvalue weighted by atomic mass is 79.9. The highest BCUT2D eigenvalue weighted by Gasteiger charge is 2.28. The number of pyridine rings is 1. The van der Waals surface area contributed by atoms with Gasteiger partial charge in [-0.25, -0.2) is 4.98 Å². The largest absolute Gasteiger partial charge is 0.304 e. The molecule has 150 valence electrons. The van der Waals surface area contributed by atoms with Crippen molar-refractivity contribution in [3.8, 4) is 5.69 Å². The third-order valence-corrected chi connectivity index (χ3v) is 5.61. The molecule has 3 aromatic rings. The standard InChI is InChI=1S/C23H26BrN5/c1-4-5-8-20-23-26-14-17(15-28(2)3)29(23)21-11-10-16(24)13-18(21)22(27-20)19-9-6-7-12-25-19/h6-7,9-14,20H,4-5,8,15H2,1-3H3/t20-/m0/s1. The van der Waals surface area contributed by atoms with Crippen LogP contribution >= 0.6 is 15.9 Å². The number of rotatable bonds is 6. The van der Waals surface area contributed by atoms with Crippen molar-refractivity contribution in [1.29, 1.82) is 0 Å². The van der Waals surface area contributed by atoms with Crippen LogP contribution in [0.25, 0.3) is 5.69 Å². The van der Waals surface area contributed by atoms with E-state index < -0.39 is 0 Å². The number of benzene rings is 1. The predicted octanol–water partition coefficient (Wildman–Crippen LogP) is 5.17. The van der Waals surface area contributed by atoms with Crippen molar-refractivity contribution < 1.29 is 0 Å². The van der Waals surface area contributed by atoms with E-state index in [1.165, 1.54) is 5.69 Å². The van der Waals surface area contributed by atoms with Gasteiger partial charge in [-0.2, -0.15) is 0 Å². The van der Waals surface area contributed by atoms with Gasteiger partial charge in [0.05, 0.1) is 29.0 Å². The highest BCUT2D eigenvalue weighted by molar-refractivity contribution is 9.10. The van der Waals surface area contributed by atoms with Gasteiger partial charge in [-0.05, 0) is 50.8 Å². The molecule has 0 saturated heterocycles. The summed E-state index contributed by atoms with van der Waals surface area (Å²) in [4.78, 5) is 16.9. The van der Waals surface area contributed by atoms with Gasteiger partial charge in [0.25, 0.3) is 0 Å². The number of hydrogen-bond acceptors (Lipinski definition) is 4. The summed E-state index contributed by atoms with van der Waals surface area (Å²) < 4.78 is 3.34. The van der Waals surface area contributed by atoms with E-state index in [9.17, 15) is 0 Å². The minimum atomic E-state index is 0.00837. The monoisotopic (exact) mass is 451 g/mol. The van der Waals surface area contributed by atoms with Crippen LogP contribution in [0.5, 0.6) is 0 Å². The Hall–Kier alpha value is -2.31. The number of hydrogen-bond donors (Lipinski definition) is 0. The first-order valence-corrected chi connectivity index (χ1v) is 10.9. The maximum Gasteiger partial charge on any atom is 0.138 e. The van der Waals surface area contributed by atoms with Crippen molar-refractivity contribution in [2.24, 2.45) is 4.99 Å². The van der Waals surface area contributed by atoms with E-state index in [-0.39, 0.29) is 6.04 Å². The molecule has 0 bridgehead atoms. The minimum Gasteiger partial charge on any atom is -0.304 e. The third kappa shape index (κ3) is 4.05. The molecule has 5 nitrogen and oxygen atoms in total. The van der Waals surface area contributed by atoms with E-state index in [2.05, 4.69) is 69.6 Å². The van der Waals surface area contributed by atoms with Gasteiger partial charge in [0.1, 0.15) is 11.9 Å². The zero-order chi connectivity index (χ0) is 20.4. The van der Waals surface area contributed by atoms with Crippen molar-refractivity contribution in [3.63, 3.8) is 0 Å². The van der Waals surface area contributed by atoms with Crippen LogP contribution in [-0.2, 0) is 6.54 Å². The van der Waals surface area contributed by atoms with Gasteiger partial charge in [-0.3, -0.25) is 14.5 Å². The topological polar surface area (TPSA) is 46.3 Å². The molecule has 1 aromatic carbocycles. The Bertz CT molecular complexity index is 1020. The average molecular weight is 452 g/mol. The molecule has 0 unspecified atom stereocenters. The highest BCUT2D eigenvalue weighted by Crippen LogP contribution is 2.35. The fraction of sp³-hybridized carbons (Fsp3) is 0.348. The maximum atomic E-state index is 5.24. The second kappa shape index (κ2) is 8.59. The fourth-order valence-corrected chi connectivity index (χ4v) is 4.19. The number of aliphatic imine (C=N–C) groups is 1. The molecule has 6 heteroatoms. The van der Waals surface area contributed by atoms with Crippen molar-refractivity contribution in [2.45, 2.75) is 38.8 Å². The molecule has 3 heterocycles. The Morgan fingerprint density at radius 1 is 1.14 bits per heavy atom. The first kappa shape index (κ1) is 20.0. The summed E-state index contributed by atoms with van der Waals surface area (Å²) in [6.07, 6.45) is 7.05. The zero-order valence-electron chi connectivity index (χ0n) is 17.1.